The molecule has 1 saturated heterocycles. The summed E-state index contributed by atoms with van der Waals surface area (Å²) in [7, 11) is -3.83. The highest BCUT2D eigenvalue weighted by Gasteiger charge is 2.40. The van der Waals surface area contributed by atoms with Gasteiger partial charge in [0.05, 0.1) is 6.07 Å². The zero-order valence-electron chi connectivity index (χ0n) is 9.66. The van der Waals surface area contributed by atoms with Crippen LogP contribution in [0.1, 0.15) is 32.6 Å². The van der Waals surface area contributed by atoms with Crippen molar-refractivity contribution in [3.05, 3.63) is 0 Å². The highest BCUT2D eigenvalue weighted by atomic mass is 32.2. The molecule has 1 N–H and O–H groups in total. The first-order chi connectivity index (χ1) is 7.95. The Morgan fingerprint density at radius 2 is 2.24 bits per heavy atom. The summed E-state index contributed by atoms with van der Waals surface area (Å²) < 4.78 is 25.2. The smallest absolute Gasteiger partial charge is 0.322 e. The van der Waals surface area contributed by atoms with Crippen LogP contribution < -0.4 is 0 Å². The number of sulfonamides is 1. The Kier molecular flexibility index (Phi) is 4.48. The minimum Gasteiger partial charge on any atom is -0.480 e. The van der Waals surface area contributed by atoms with Gasteiger partial charge in [-0.2, -0.15) is 9.57 Å². The second kappa shape index (κ2) is 5.47. The van der Waals surface area contributed by atoms with Gasteiger partial charge in [0.1, 0.15) is 6.04 Å². The van der Waals surface area contributed by atoms with Crippen LogP contribution in [0.25, 0.3) is 0 Å². The number of rotatable bonds is 4. The monoisotopic (exact) mass is 260 g/mol. The summed E-state index contributed by atoms with van der Waals surface area (Å²) in [5.41, 5.74) is 0. The first-order valence-electron chi connectivity index (χ1n) is 5.58. The van der Waals surface area contributed by atoms with Crippen LogP contribution in [0.5, 0.6) is 0 Å². The largest absolute Gasteiger partial charge is 0.480 e. The maximum atomic E-state index is 12.1. The van der Waals surface area contributed by atoms with Gasteiger partial charge >= 0.3 is 5.97 Å². The molecule has 6 nitrogen and oxygen atoms in total. The van der Waals surface area contributed by atoms with Crippen molar-refractivity contribution >= 4 is 16.0 Å². The molecule has 1 heterocycles. The van der Waals surface area contributed by atoms with Crippen molar-refractivity contribution in [1.82, 2.24) is 4.31 Å². The van der Waals surface area contributed by atoms with Crippen molar-refractivity contribution in [3.8, 4) is 6.07 Å². The molecule has 1 unspecified atom stereocenters. The molecule has 0 spiro atoms. The molecule has 1 aliphatic heterocycles. The van der Waals surface area contributed by atoms with Gasteiger partial charge in [-0.3, -0.25) is 4.79 Å². The molecule has 96 valence electrons. The van der Waals surface area contributed by atoms with Gasteiger partial charge in [-0.05, 0) is 25.7 Å². The molecule has 0 bridgehead atoms. The Labute approximate surface area is 101 Å². The topological polar surface area (TPSA) is 98.5 Å². The third-order valence-electron chi connectivity index (χ3n) is 2.94. The van der Waals surface area contributed by atoms with E-state index in [1.54, 1.807) is 13.0 Å². The second-order valence-corrected chi connectivity index (χ2v) is 6.10. The number of piperidine rings is 1. The first kappa shape index (κ1) is 13.9. The minimum absolute atomic E-state index is 0.168. The lowest BCUT2D eigenvalue weighted by Crippen LogP contribution is -2.50. The van der Waals surface area contributed by atoms with Crippen LogP contribution in [0.15, 0.2) is 0 Å². The zero-order chi connectivity index (χ0) is 13.1. The van der Waals surface area contributed by atoms with Crippen LogP contribution in [0.4, 0.5) is 0 Å². The van der Waals surface area contributed by atoms with Crippen LogP contribution in [0.2, 0.25) is 0 Å². The van der Waals surface area contributed by atoms with Crippen molar-refractivity contribution in [2.75, 3.05) is 6.54 Å². The highest BCUT2D eigenvalue weighted by Crippen LogP contribution is 2.24. The quantitative estimate of drug-likeness (QED) is 0.796. The molecule has 0 aliphatic carbocycles. The molecule has 2 atom stereocenters. The molecular weight excluding hydrogens is 244 g/mol. The Morgan fingerprint density at radius 3 is 2.71 bits per heavy atom. The molecule has 0 aromatic carbocycles. The van der Waals surface area contributed by atoms with Crippen LogP contribution in [0, 0.1) is 11.3 Å². The molecule has 1 fully saturated rings. The molecule has 0 aromatic heterocycles. The van der Waals surface area contributed by atoms with Gasteiger partial charge in [0.15, 0.2) is 5.25 Å². The summed E-state index contributed by atoms with van der Waals surface area (Å²) in [6.45, 7) is 1.79. The number of hydrogen-bond donors (Lipinski definition) is 1. The van der Waals surface area contributed by atoms with Gasteiger partial charge < -0.3 is 5.11 Å². The predicted molar refractivity (Wildman–Crippen MR) is 60.6 cm³/mol. The van der Waals surface area contributed by atoms with Crippen molar-refractivity contribution in [3.63, 3.8) is 0 Å². The molecule has 1 aliphatic rings. The SMILES string of the molecule is CCC(C#N)S(=O)(=O)N1CCCC[C@H]1C(=O)O. The maximum Gasteiger partial charge on any atom is 0.322 e. The molecule has 1 rings (SSSR count). The van der Waals surface area contributed by atoms with Crippen molar-refractivity contribution < 1.29 is 18.3 Å². The Morgan fingerprint density at radius 1 is 1.59 bits per heavy atom. The summed E-state index contributed by atoms with van der Waals surface area (Å²) in [4.78, 5) is 11.0. The fourth-order valence-corrected chi connectivity index (χ4v) is 3.80. The summed E-state index contributed by atoms with van der Waals surface area (Å²) >= 11 is 0. The molecule has 0 aromatic rings. The van der Waals surface area contributed by atoms with E-state index in [0.29, 0.717) is 19.3 Å². The third kappa shape index (κ3) is 2.76. The van der Waals surface area contributed by atoms with Crippen LogP contribution in [-0.4, -0.2) is 41.6 Å². The van der Waals surface area contributed by atoms with E-state index in [1.807, 2.05) is 0 Å². The lowest BCUT2D eigenvalue weighted by molar-refractivity contribution is -0.142. The van der Waals surface area contributed by atoms with Gasteiger partial charge in [-0.1, -0.05) is 6.92 Å². The van der Waals surface area contributed by atoms with E-state index in [9.17, 15) is 13.2 Å². The van der Waals surface area contributed by atoms with E-state index in [0.717, 1.165) is 4.31 Å². The average Bonchev–Trinajstić information content (AvgIpc) is 2.30. The van der Waals surface area contributed by atoms with Crippen molar-refractivity contribution in [1.29, 1.82) is 5.26 Å². The van der Waals surface area contributed by atoms with Crippen molar-refractivity contribution in [2.24, 2.45) is 0 Å². The fraction of sp³-hybridized carbons (Fsp3) is 0.800. The Balaban J connectivity index is 3.03. The van der Waals surface area contributed by atoms with E-state index in [4.69, 9.17) is 10.4 Å². The number of carboxylic acid groups (broad SMARTS) is 1. The second-order valence-electron chi connectivity index (χ2n) is 4.03. The number of carbonyl (C=O) groups is 1. The molecule has 17 heavy (non-hydrogen) atoms. The van der Waals surface area contributed by atoms with Gasteiger partial charge in [-0.15, -0.1) is 0 Å². The highest BCUT2D eigenvalue weighted by molar-refractivity contribution is 7.90. The lowest BCUT2D eigenvalue weighted by Gasteiger charge is -2.32. The first-order valence-corrected chi connectivity index (χ1v) is 7.08. The summed E-state index contributed by atoms with van der Waals surface area (Å²) in [6.07, 6.45) is 1.83. The van der Waals surface area contributed by atoms with E-state index in [-0.39, 0.29) is 13.0 Å². The van der Waals surface area contributed by atoms with Crippen LogP contribution >= 0.6 is 0 Å². The summed E-state index contributed by atoms with van der Waals surface area (Å²) in [5, 5.41) is 16.7. The predicted octanol–water partition coefficient (Wildman–Crippen LogP) is 0.557. The summed E-state index contributed by atoms with van der Waals surface area (Å²) in [6, 6.07) is 0.709. The van der Waals surface area contributed by atoms with E-state index < -0.39 is 27.3 Å². The number of aliphatic carboxylic acids is 1. The standard InChI is InChI=1S/C10H16N2O4S/c1-2-8(7-11)17(15,16)12-6-4-3-5-9(12)10(13)14/h8-9H,2-6H2,1H3,(H,13,14)/t8?,9-/m0/s1. The molecule has 7 heteroatoms. The van der Waals surface area contributed by atoms with E-state index >= 15 is 0 Å². The molecule has 0 amide bonds. The molecule has 0 saturated carbocycles. The van der Waals surface area contributed by atoms with E-state index in [1.165, 1.54) is 0 Å². The van der Waals surface area contributed by atoms with Crippen LogP contribution in [-0.2, 0) is 14.8 Å². The lowest BCUT2D eigenvalue weighted by atomic mass is 10.1. The van der Waals surface area contributed by atoms with Crippen molar-refractivity contribution in [2.45, 2.75) is 43.9 Å². The Bertz CT molecular complexity index is 426. The van der Waals surface area contributed by atoms with Gasteiger partial charge in [-0.25, -0.2) is 8.42 Å². The minimum atomic E-state index is -3.83. The fourth-order valence-electron chi connectivity index (χ4n) is 1.99. The van der Waals surface area contributed by atoms with Crippen LogP contribution in [0.3, 0.4) is 0 Å². The number of carboxylic acids is 1. The normalized spacial score (nSPS) is 23.9. The van der Waals surface area contributed by atoms with Gasteiger partial charge in [0.25, 0.3) is 0 Å². The van der Waals surface area contributed by atoms with Gasteiger partial charge in [0, 0.05) is 6.54 Å². The number of hydrogen-bond acceptors (Lipinski definition) is 4. The zero-order valence-corrected chi connectivity index (χ0v) is 10.5. The number of nitriles is 1. The molecular formula is C10H16N2O4S. The third-order valence-corrected chi connectivity index (χ3v) is 5.19. The number of nitrogens with zero attached hydrogens (tertiary/aromatic N) is 2. The van der Waals surface area contributed by atoms with E-state index in [2.05, 4.69) is 0 Å². The maximum absolute atomic E-state index is 12.1. The molecule has 0 radical (unpaired) electrons. The average molecular weight is 260 g/mol. The van der Waals surface area contributed by atoms with Gasteiger partial charge in [0.2, 0.25) is 10.0 Å². The summed E-state index contributed by atoms with van der Waals surface area (Å²) in [5.74, 6) is -1.14. The Hall–Kier alpha value is -1.13.